The standard InChI is InChI=1S/C10H18N2S/c1-6(2)5-9-8(4)13-10(12-9)7(3)11/h6-7H,5,11H2,1-4H3. The smallest absolute Gasteiger partial charge is 0.110 e. The molecule has 0 radical (unpaired) electrons. The quantitative estimate of drug-likeness (QED) is 0.811. The zero-order valence-corrected chi connectivity index (χ0v) is 9.61. The highest BCUT2D eigenvalue weighted by Gasteiger charge is 2.11. The van der Waals surface area contributed by atoms with E-state index in [-0.39, 0.29) is 6.04 Å². The first-order chi connectivity index (χ1) is 6.00. The van der Waals surface area contributed by atoms with Gasteiger partial charge in [-0.25, -0.2) is 4.98 Å². The summed E-state index contributed by atoms with van der Waals surface area (Å²) in [5.74, 6) is 0.668. The van der Waals surface area contributed by atoms with Gasteiger partial charge in [-0.05, 0) is 26.2 Å². The van der Waals surface area contributed by atoms with E-state index < -0.39 is 0 Å². The second kappa shape index (κ2) is 4.20. The molecule has 1 heterocycles. The van der Waals surface area contributed by atoms with E-state index in [4.69, 9.17) is 5.73 Å². The lowest BCUT2D eigenvalue weighted by atomic mass is 10.1. The molecular weight excluding hydrogens is 180 g/mol. The van der Waals surface area contributed by atoms with Gasteiger partial charge in [0.1, 0.15) is 5.01 Å². The second-order valence-electron chi connectivity index (χ2n) is 3.94. The van der Waals surface area contributed by atoms with Crippen LogP contribution in [0.3, 0.4) is 0 Å². The van der Waals surface area contributed by atoms with E-state index in [0.717, 1.165) is 11.4 Å². The van der Waals surface area contributed by atoms with Gasteiger partial charge < -0.3 is 5.73 Å². The van der Waals surface area contributed by atoms with Crippen LogP contribution >= 0.6 is 11.3 Å². The maximum absolute atomic E-state index is 5.77. The average Bonchev–Trinajstić information content (AvgIpc) is 2.31. The molecule has 0 aliphatic heterocycles. The summed E-state index contributed by atoms with van der Waals surface area (Å²) in [6.45, 7) is 8.54. The van der Waals surface area contributed by atoms with E-state index in [9.17, 15) is 0 Å². The van der Waals surface area contributed by atoms with Crippen molar-refractivity contribution in [3.8, 4) is 0 Å². The predicted molar refractivity (Wildman–Crippen MR) is 58.0 cm³/mol. The molecule has 3 heteroatoms. The molecule has 0 saturated heterocycles. The minimum atomic E-state index is 0.0737. The lowest BCUT2D eigenvalue weighted by molar-refractivity contribution is 0.632. The van der Waals surface area contributed by atoms with Crippen LogP contribution in [0.25, 0.3) is 0 Å². The summed E-state index contributed by atoms with van der Waals surface area (Å²) in [6.07, 6.45) is 1.06. The topological polar surface area (TPSA) is 38.9 Å². The predicted octanol–water partition coefficient (Wildman–Crippen LogP) is 2.67. The van der Waals surface area contributed by atoms with E-state index in [1.807, 2.05) is 6.92 Å². The Bertz CT molecular complexity index is 276. The molecule has 0 aromatic carbocycles. The number of hydrogen-bond acceptors (Lipinski definition) is 3. The molecule has 0 saturated carbocycles. The number of nitrogens with two attached hydrogens (primary N) is 1. The van der Waals surface area contributed by atoms with Crippen LogP contribution in [0.5, 0.6) is 0 Å². The fourth-order valence-electron chi connectivity index (χ4n) is 1.22. The maximum Gasteiger partial charge on any atom is 0.110 e. The third-order valence-corrected chi connectivity index (χ3v) is 3.11. The van der Waals surface area contributed by atoms with Gasteiger partial charge in [0.05, 0.1) is 11.7 Å². The van der Waals surface area contributed by atoms with Crippen LogP contribution in [-0.4, -0.2) is 4.98 Å². The van der Waals surface area contributed by atoms with E-state index in [1.165, 1.54) is 10.6 Å². The SMILES string of the molecule is Cc1sc(C(C)N)nc1CC(C)C. The molecule has 2 nitrogen and oxygen atoms in total. The van der Waals surface area contributed by atoms with Crippen molar-refractivity contribution >= 4 is 11.3 Å². The van der Waals surface area contributed by atoms with Gasteiger partial charge in [-0.3, -0.25) is 0 Å². The van der Waals surface area contributed by atoms with Crippen molar-refractivity contribution < 1.29 is 0 Å². The third-order valence-electron chi connectivity index (χ3n) is 1.90. The van der Waals surface area contributed by atoms with Crippen molar-refractivity contribution in [1.82, 2.24) is 4.98 Å². The summed E-state index contributed by atoms with van der Waals surface area (Å²) in [6, 6.07) is 0.0737. The summed E-state index contributed by atoms with van der Waals surface area (Å²) in [5.41, 5.74) is 7.00. The summed E-state index contributed by atoms with van der Waals surface area (Å²) < 4.78 is 0. The molecule has 1 aromatic heterocycles. The summed E-state index contributed by atoms with van der Waals surface area (Å²) in [5, 5.41) is 1.06. The van der Waals surface area contributed by atoms with Crippen LogP contribution in [0.4, 0.5) is 0 Å². The van der Waals surface area contributed by atoms with E-state index in [0.29, 0.717) is 5.92 Å². The zero-order chi connectivity index (χ0) is 10.0. The fraction of sp³-hybridized carbons (Fsp3) is 0.700. The van der Waals surface area contributed by atoms with Crippen molar-refractivity contribution in [2.24, 2.45) is 11.7 Å². The first-order valence-electron chi connectivity index (χ1n) is 4.72. The van der Waals surface area contributed by atoms with Crippen molar-refractivity contribution in [1.29, 1.82) is 0 Å². The third kappa shape index (κ3) is 2.78. The molecule has 0 fully saturated rings. The Morgan fingerprint density at radius 2 is 2.00 bits per heavy atom. The van der Waals surface area contributed by atoms with Gasteiger partial charge in [0.2, 0.25) is 0 Å². The molecule has 0 spiro atoms. The van der Waals surface area contributed by atoms with Crippen LogP contribution in [0.15, 0.2) is 0 Å². The summed E-state index contributed by atoms with van der Waals surface area (Å²) in [7, 11) is 0. The second-order valence-corrected chi connectivity index (χ2v) is 5.18. The highest BCUT2D eigenvalue weighted by atomic mass is 32.1. The van der Waals surface area contributed by atoms with Crippen LogP contribution < -0.4 is 5.73 Å². The first kappa shape index (κ1) is 10.7. The van der Waals surface area contributed by atoms with Gasteiger partial charge in [-0.1, -0.05) is 13.8 Å². The van der Waals surface area contributed by atoms with E-state index in [1.54, 1.807) is 11.3 Å². The molecule has 74 valence electrons. The largest absolute Gasteiger partial charge is 0.322 e. The molecule has 0 amide bonds. The van der Waals surface area contributed by atoms with Crippen LogP contribution in [0.1, 0.15) is 42.4 Å². The molecule has 1 rings (SSSR count). The van der Waals surface area contributed by atoms with E-state index in [2.05, 4.69) is 25.8 Å². The fourth-order valence-corrected chi connectivity index (χ4v) is 2.12. The number of aryl methyl sites for hydroxylation is 1. The Balaban J connectivity index is 2.83. The lowest BCUT2D eigenvalue weighted by Crippen LogP contribution is -2.04. The molecule has 0 aliphatic rings. The van der Waals surface area contributed by atoms with Crippen LogP contribution in [0.2, 0.25) is 0 Å². The first-order valence-corrected chi connectivity index (χ1v) is 5.54. The molecule has 1 aromatic rings. The van der Waals surface area contributed by atoms with Crippen molar-refractivity contribution in [2.45, 2.75) is 40.2 Å². The van der Waals surface area contributed by atoms with Crippen LogP contribution in [-0.2, 0) is 6.42 Å². The minimum absolute atomic E-state index is 0.0737. The summed E-state index contributed by atoms with van der Waals surface area (Å²) in [4.78, 5) is 5.86. The van der Waals surface area contributed by atoms with Crippen molar-refractivity contribution in [3.05, 3.63) is 15.6 Å². The zero-order valence-electron chi connectivity index (χ0n) is 8.79. The molecule has 1 unspecified atom stereocenters. The Hall–Kier alpha value is -0.410. The Kier molecular flexibility index (Phi) is 3.45. The highest BCUT2D eigenvalue weighted by Crippen LogP contribution is 2.23. The molecule has 0 bridgehead atoms. The van der Waals surface area contributed by atoms with Crippen molar-refractivity contribution in [3.63, 3.8) is 0 Å². The maximum atomic E-state index is 5.77. The lowest BCUT2D eigenvalue weighted by Gasteiger charge is -2.01. The van der Waals surface area contributed by atoms with E-state index >= 15 is 0 Å². The minimum Gasteiger partial charge on any atom is -0.322 e. The van der Waals surface area contributed by atoms with Gasteiger partial charge in [0.25, 0.3) is 0 Å². The Morgan fingerprint density at radius 3 is 2.38 bits per heavy atom. The van der Waals surface area contributed by atoms with Gasteiger partial charge in [0, 0.05) is 4.88 Å². The molecule has 2 N–H and O–H groups in total. The number of thiazole rings is 1. The molecule has 13 heavy (non-hydrogen) atoms. The Labute approximate surface area is 84.2 Å². The summed E-state index contributed by atoms with van der Waals surface area (Å²) >= 11 is 1.73. The monoisotopic (exact) mass is 198 g/mol. The average molecular weight is 198 g/mol. The number of aromatic nitrogens is 1. The molecule has 0 aliphatic carbocycles. The van der Waals surface area contributed by atoms with Gasteiger partial charge in [-0.2, -0.15) is 0 Å². The molecule has 1 atom stereocenters. The normalized spacial score (nSPS) is 13.7. The van der Waals surface area contributed by atoms with Gasteiger partial charge in [0.15, 0.2) is 0 Å². The number of nitrogens with zero attached hydrogens (tertiary/aromatic N) is 1. The Morgan fingerprint density at radius 1 is 1.38 bits per heavy atom. The van der Waals surface area contributed by atoms with Gasteiger partial charge >= 0.3 is 0 Å². The highest BCUT2D eigenvalue weighted by molar-refractivity contribution is 7.11. The number of hydrogen-bond donors (Lipinski definition) is 1. The van der Waals surface area contributed by atoms with Crippen LogP contribution in [0, 0.1) is 12.8 Å². The molecular formula is C10H18N2S. The number of rotatable bonds is 3. The van der Waals surface area contributed by atoms with Gasteiger partial charge in [-0.15, -0.1) is 11.3 Å². The van der Waals surface area contributed by atoms with Crippen molar-refractivity contribution in [2.75, 3.05) is 0 Å².